The second-order valence-electron chi connectivity index (χ2n) is 5.76. The van der Waals surface area contributed by atoms with Gasteiger partial charge in [0.1, 0.15) is 0 Å². The van der Waals surface area contributed by atoms with Crippen LogP contribution in [0.4, 0.5) is 0 Å². The van der Waals surface area contributed by atoms with Gasteiger partial charge in [-0.05, 0) is 56.3 Å². The van der Waals surface area contributed by atoms with Crippen molar-refractivity contribution in [3.63, 3.8) is 0 Å². The van der Waals surface area contributed by atoms with Gasteiger partial charge in [-0.15, -0.1) is 0 Å². The maximum absolute atomic E-state index is 12.3. The molecule has 1 aromatic carbocycles. The number of ketones is 1. The van der Waals surface area contributed by atoms with Crippen molar-refractivity contribution in [1.29, 1.82) is 0 Å². The lowest BCUT2D eigenvalue weighted by Gasteiger charge is -2.34. The zero-order valence-electron chi connectivity index (χ0n) is 11.1. The second-order valence-corrected chi connectivity index (χ2v) is 5.76. The molecule has 1 saturated carbocycles. The van der Waals surface area contributed by atoms with Gasteiger partial charge < -0.3 is 0 Å². The minimum absolute atomic E-state index is 0.277. The van der Waals surface area contributed by atoms with Gasteiger partial charge in [0.2, 0.25) is 0 Å². The predicted octanol–water partition coefficient (Wildman–Crippen LogP) is 2.84. The van der Waals surface area contributed by atoms with Gasteiger partial charge in [-0.25, -0.2) is 0 Å². The molecule has 0 amide bonds. The van der Waals surface area contributed by atoms with E-state index in [1.54, 1.807) is 0 Å². The summed E-state index contributed by atoms with van der Waals surface area (Å²) in [5, 5.41) is 0. The minimum Gasteiger partial charge on any atom is -0.296 e. The molecule has 2 aliphatic rings. The summed E-state index contributed by atoms with van der Waals surface area (Å²) in [5.74, 6) is 0.277. The molecule has 1 fully saturated rings. The van der Waals surface area contributed by atoms with Crippen LogP contribution in [0.15, 0.2) is 18.2 Å². The molecule has 0 spiro atoms. The van der Waals surface area contributed by atoms with Crippen LogP contribution in [0.5, 0.6) is 0 Å². The van der Waals surface area contributed by atoms with Gasteiger partial charge in [0.15, 0.2) is 5.78 Å². The quantitative estimate of drug-likeness (QED) is 0.758. The number of carbonyl (C=O) groups excluding carboxylic acids is 1. The number of benzene rings is 1. The van der Waals surface area contributed by atoms with Crippen LogP contribution in [-0.4, -0.2) is 30.3 Å². The Balaban J connectivity index is 1.68. The maximum Gasteiger partial charge on any atom is 0.176 e. The Morgan fingerprint density at radius 3 is 2.72 bits per heavy atom. The fraction of sp³-hybridized carbons (Fsp3) is 0.562. The third-order valence-electron chi connectivity index (χ3n) is 4.51. The van der Waals surface area contributed by atoms with Crippen molar-refractivity contribution in [3.8, 4) is 0 Å². The summed E-state index contributed by atoms with van der Waals surface area (Å²) in [7, 11) is 2.08. The second kappa shape index (κ2) is 4.85. The van der Waals surface area contributed by atoms with Crippen molar-refractivity contribution >= 4 is 5.78 Å². The molecule has 96 valence electrons. The first-order valence-corrected chi connectivity index (χ1v) is 7.09. The number of fused-ring (bicyclic) bond motifs is 1. The monoisotopic (exact) mass is 243 g/mol. The molecule has 0 heterocycles. The summed E-state index contributed by atoms with van der Waals surface area (Å²) in [6.45, 7) is 0.573. The first-order chi connectivity index (χ1) is 8.74. The van der Waals surface area contributed by atoms with Crippen molar-refractivity contribution in [2.24, 2.45) is 0 Å². The highest BCUT2D eigenvalue weighted by Crippen LogP contribution is 2.25. The predicted molar refractivity (Wildman–Crippen MR) is 73.1 cm³/mol. The zero-order valence-corrected chi connectivity index (χ0v) is 11.1. The largest absolute Gasteiger partial charge is 0.296 e. The lowest BCUT2D eigenvalue weighted by molar-refractivity contribution is 0.0870. The van der Waals surface area contributed by atoms with Crippen molar-refractivity contribution in [2.75, 3.05) is 13.6 Å². The lowest BCUT2D eigenvalue weighted by atomic mass is 9.91. The molecule has 0 aliphatic heterocycles. The first-order valence-electron chi connectivity index (χ1n) is 7.09. The first kappa shape index (κ1) is 11.9. The maximum atomic E-state index is 12.3. The van der Waals surface area contributed by atoms with E-state index >= 15 is 0 Å². The molecule has 0 aromatic heterocycles. The molecule has 0 unspecified atom stereocenters. The van der Waals surface area contributed by atoms with Crippen molar-refractivity contribution in [2.45, 2.75) is 44.6 Å². The number of likely N-dealkylation sites (N-methyl/N-ethyl adjacent to an activating group) is 1. The molecule has 0 radical (unpaired) electrons. The van der Waals surface area contributed by atoms with Crippen LogP contribution in [0.2, 0.25) is 0 Å². The van der Waals surface area contributed by atoms with Crippen molar-refractivity contribution in [3.05, 3.63) is 34.9 Å². The number of nitrogens with zero attached hydrogens (tertiary/aromatic N) is 1. The number of aryl methyl sites for hydroxylation is 2. The summed E-state index contributed by atoms with van der Waals surface area (Å²) in [4.78, 5) is 14.5. The van der Waals surface area contributed by atoms with Crippen molar-refractivity contribution in [1.82, 2.24) is 4.90 Å². The van der Waals surface area contributed by atoms with Gasteiger partial charge in [0, 0.05) is 11.6 Å². The minimum atomic E-state index is 0.277. The molecule has 2 heteroatoms. The van der Waals surface area contributed by atoms with E-state index in [4.69, 9.17) is 0 Å². The van der Waals surface area contributed by atoms with E-state index < -0.39 is 0 Å². The highest BCUT2D eigenvalue weighted by atomic mass is 16.1. The molecule has 1 aromatic rings. The zero-order chi connectivity index (χ0) is 12.5. The van der Waals surface area contributed by atoms with E-state index in [0.29, 0.717) is 12.6 Å². The Bertz CT molecular complexity index is 462. The number of rotatable bonds is 4. The molecule has 0 N–H and O–H groups in total. The summed E-state index contributed by atoms with van der Waals surface area (Å²) >= 11 is 0. The van der Waals surface area contributed by atoms with E-state index in [1.165, 1.54) is 43.2 Å². The smallest absolute Gasteiger partial charge is 0.176 e. The van der Waals surface area contributed by atoms with Gasteiger partial charge in [0.25, 0.3) is 0 Å². The fourth-order valence-electron chi connectivity index (χ4n) is 3.02. The van der Waals surface area contributed by atoms with Crippen LogP contribution < -0.4 is 0 Å². The van der Waals surface area contributed by atoms with Crippen LogP contribution in [0, 0.1) is 0 Å². The van der Waals surface area contributed by atoms with Crippen LogP contribution in [0.25, 0.3) is 0 Å². The Kier molecular flexibility index (Phi) is 3.21. The highest BCUT2D eigenvalue weighted by Gasteiger charge is 2.24. The topological polar surface area (TPSA) is 20.3 Å². The Hall–Kier alpha value is -1.15. The molecule has 0 saturated heterocycles. The average Bonchev–Trinajstić information content (AvgIpc) is 2.72. The van der Waals surface area contributed by atoms with E-state index in [1.807, 2.05) is 6.07 Å². The third kappa shape index (κ3) is 2.22. The fourth-order valence-corrected chi connectivity index (χ4v) is 3.02. The van der Waals surface area contributed by atoms with E-state index in [2.05, 4.69) is 24.1 Å². The van der Waals surface area contributed by atoms with Crippen LogP contribution in [0.1, 0.15) is 47.2 Å². The van der Waals surface area contributed by atoms with E-state index in [9.17, 15) is 4.79 Å². The highest BCUT2D eigenvalue weighted by molar-refractivity contribution is 5.97. The number of carbonyl (C=O) groups is 1. The molecule has 0 atom stereocenters. The van der Waals surface area contributed by atoms with Gasteiger partial charge >= 0.3 is 0 Å². The van der Waals surface area contributed by atoms with Crippen LogP contribution >= 0.6 is 0 Å². The lowest BCUT2D eigenvalue weighted by Crippen LogP contribution is -2.40. The number of Topliss-reactive ketones (excluding diaryl/α,β-unsaturated/α-hetero) is 1. The molecule has 2 nitrogen and oxygen atoms in total. The summed E-state index contributed by atoms with van der Waals surface area (Å²) in [6, 6.07) is 6.93. The SMILES string of the molecule is CN(CC(=O)c1ccc2c(c1)CCC2)C1CCC1. The van der Waals surface area contributed by atoms with Gasteiger partial charge in [0.05, 0.1) is 6.54 Å². The Labute approximate surface area is 109 Å². The average molecular weight is 243 g/mol. The molecule has 0 bridgehead atoms. The van der Waals surface area contributed by atoms with E-state index in [0.717, 1.165) is 12.0 Å². The normalized spacial score (nSPS) is 18.8. The van der Waals surface area contributed by atoms with E-state index in [-0.39, 0.29) is 5.78 Å². The van der Waals surface area contributed by atoms with Crippen molar-refractivity contribution < 1.29 is 4.79 Å². The van der Waals surface area contributed by atoms with Crippen LogP contribution in [-0.2, 0) is 12.8 Å². The standard InChI is InChI=1S/C16H21NO/c1-17(15-6-3-7-15)11-16(18)14-9-8-12-4-2-5-13(12)10-14/h8-10,15H,2-7,11H2,1H3. The Morgan fingerprint density at radius 2 is 2.00 bits per heavy atom. The van der Waals surface area contributed by atoms with Gasteiger partial charge in [-0.3, -0.25) is 9.69 Å². The number of hydrogen-bond acceptors (Lipinski definition) is 2. The van der Waals surface area contributed by atoms with Gasteiger partial charge in [-0.2, -0.15) is 0 Å². The molecule has 3 rings (SSSR count). The number of hydrogen-bond donors (Lipinski definition) is 0. The third-order valence-corrected chi connectivity index (χ3v) is 4.51. The summed E-state index contributed by atoms with van der Waals surface area (Å²) in [5.41, 5.74) is 3.74. The van der Waals surface area contributed by atoms with Gasteiger partial charge in [-0.1, -0.05) is 18.6 Å². The summed E-state index contributed by atoms with van der Waals surface area (Å²) in [6.07, 6.45) is 7.42. The molecular formula is C16H21NO. The molecule has 2 aliphatic carbocycles. The molecule has 18 heavy (non-hydrogen) atoms. The van der Waals surface area contributed by atoms with Crippen LogP contribution in [0.3, 0.4) is 0 Å². The molecular weight excluding hydrogens is 222 g/mol. The summed E-state index contributed by atoms with van der Waals surface area (Å²) < 4.78 is 0. The Morgan fingerprint density at radius 1 is 1.22 bits per heavy atom.